The summed E-state index contributed by atoms with van der Waals surface area (Å²) in [4.78, 5) is 17.2. The molecular weight excluding hydrogens is 360 g/mol. The van der Waals surface area contributed by atoms with Gasteiger partial charge in [0.1, 0.15) is 0 Å². The quantitative estimate of drug-likeness (QED) is 0.853. The van der Waals surface area contributed by atoms with E-state index in [1.165, 1.54) is 5.56 Å². The molecule has 0 bridgehead atoms. The Bertz CT molecular complexity index is 785. The average Bonchev–Trinajstić information content (AvgIpc) is 3.07. The first-order valence-corrected chi connectivity index (χ1v) is 9.94. The molecule has 2 unspecified atom stereocenters. The molecule has 2 N–H and O–H groups in total. The van der Waals surface area contributed by atoms with Gasteiger partial charge in [-0.3, -0.25) is 9.69 Å². The van der Waals surface area contributed by atoms with E-state index < -0.39 is 0 Å². The molecular formula is C21H25ClN4O. The van der Waals surface area contributed by atoms with E-state index in [-0.39, 0.29) is 12.1 Å². The maximum absolute atomic E-state index is 12.8. The monoisotopic (exact) mass is 384 g/mol. The van der Waals surface area contributed by atoms with E-state index in [0.717, 1.165) is 39.0 Å². The number of hydrogen-bond acceptors (Lipinski definition) is 4. The minimum Gasteiger partial charge on any atom is -0.337 e. The van der Waals surface area contributed by atoms with Crippen molar-refractivity contribution in [3.05, 3.63) is 70.7 Å². The Balaban J connectivity index is 1.36. The Hall–Kier alpha value is -1.92. The predicted molar refractivity (Wildman–Crippen MR) is 107 cm³/mol. The van der Waals surface area contributed by atoms with Crippen LogP contribution in [0, 0.1) is 0 Å². The molecule has 2 saturated heterocycles. The lowest BCUT2D eigenvalue weighted by Crippen LogP contribution is -2.46. The number of benzene rings is 2. The molecule has 142 valence electrons. The number of hydrogen-bond donors (Lipinski definition) is 2. The molecule has 2 fully saturated rings. The molecule has 0 saturated carbocycles. The van der Waals surface area contributed by atoms with Gasteiger partial charge in [-0.05, 0) is 30.5 Å². The maximum Gasteiger partial charge on any atom is 0.255 e. The molecule has 0 aliphatic carbocycles. The first kappa shape index (κ1) is 18.4. The molecule has 2 aliphatic rings. The summed E-state index contributed by atoms with van der Waals surface area (Å²) in [6, 6.07) is 18.1. The molecule has 1 amide bonds. The second-order valence-electron chi connectivity index (χ2n) is 7.17. The molecule has 0 spiro atoms. The standard InChI is InChI=1S/C21H25ClN4O/c22-18-10-5-4-9-17(18)21(27)26-12-6-11-25(13-14-26)20-15-19(23-24-20)16-7-2-1-3-8-16/h1-5,7-10,19-20,23-24H,6,11-15H2. The predicted octanol–water partition coefficient (Wildman–Crippen LogP) is 3.05. The van der Waals surface area contributed by atoms with Gasteiger partial charge in [0, 0.05) is 32.2 Å². The molecule has 2 heterocycles. The Labute approximate surface area is 165 Å². The van der Waals surface area contributed by atoms with Gasteiger partial charge < -0.3 is 4.90 Å². The molecule has 4 rings (SSSR count). The summed E-state index contributed by atoms with van der Waals surface area (Å²) in [6.45, 7) is 3.32. The smallest absolute Gasteiger partial charge is 0.255 e. The van der Waals surface area contributed by atoms with Gasteiger partial charge in [0.15, 0.2) is 0 Å². The highest BCUT2D eigenvalue weighted by molar-refractivity contribution is 6.33. The van der Waals surface area contributed by atoms with Gasteiger partial charge in [-0.1, -0.05) is 54.1 Å². The third-order valence-electron chi connectivity index (χ3n) is 5.45. The normalized spacial score (nSPS) is 24.0. The lowest BCUT2D eigenvalue weighted by molar-refractivity contribution is 0.0756. The summed E-state index contributed by atoms with van der Waals surface area (Å²) in [6.07, 6.45) is 2.26. The summed E-state index contributed by atoms with van der Waals surface area (Å²) in [5, 5.41) is 0.524. The van der Waals surface area contributed by atoms with Crippen molar-refractivity contribution >= 4 is 17.5 Å². The van der Waals surface area contributed by atoms with E-state index in [1.807, 2.05) is 23.1 Å². The van der Waals surface area contributed by atoms with Gasteiger partial charge in [0.2, 0.25) is 0 Å². The third kappa shape index (κ3) is 4.17. The van der Waals surface area contributed by atoms with E-state index in [2.05, 4.69) is 40.0 Å². The second kappa shape index (κ2) is 8.40. The largest absolute Gasteiger partial charge is 0.337 e. The summed E-state index contributed by atoms with van der Waals surface area (Å²) >= 11 is 6.21. The van der Waals surface area contributed by atoms with Crippen molar-refractivity contribution in [1.29, 1.82) is 0 Å². The highest BCUT2D eigenvalue weighted by Gasteiger charge is 2.31. The SMILES string of the molecule is O=C(c1ccccc1Cl)N1CCCN(C2CC(c3ccccc3)NN2)CC1. The van der Waals surface area contributed by atoms with E-state index in [1.54, 1.807) is 12.1 Å². The highest BCUT2D eigenvalue weighted by atomic mass is 35.5. The van der Waals surface area contributed by atoms with Gasteiger partial charge in [-0.25, -0.2) is 10.9 Å². The molecule has 27 heavy (non-hydrogen) atoms. The molecule has 0 aromatic heterocycles. The first-order chi connectivity index (χ1) is 13.2. The summed E-state index contributed by atoms with van der Waals surface area (Å²) in [7, 11) is 0. The number of nitrogens with one attached hydrogen (secondary N) is 2. The van der Waals surface area contributed by atoms with Crippen molar-refractivity contribution in [2.24, 2.45) is 0 Å². The zero-order valence-electron chi connectivity index (χ0n) is 15.3. The Morgan fingerprint density at radius 2 is 1.70 bits per heavy atom. The Morgan fingerprint density at radius 3 is 2.52 bits per heavy atom. The molecule has 2 aliphatic heterocycles. The number of rotatable bonds is 3. The average molecular weight is 385 g/mol. The van der Waals surface area contributed by atoms with Crippen LogP contribution in [0.5, 0.6) is 0 Å². The zero-order valence-corrected chi connectivity index (χ0v) is 16.0. The van der Waals surface area contributed by atoms with E-state index in [0.29, 0.717) is 16.6 Å². The van der Waals surface area contributed by atoms with Crippen LogP contribution >= 0.6 is 11.6 Å². The topological polar surface area (TPSA) is 47.6 Å². The van der Waals surface area contributed by atoms with Crippen molar-refractivity contribution in [2.75, 3.05) is 26.2 Å². The van der Waals surface area contributed by atoms with Gasteiger partial charge in [0.25, 0.3) is 5.91 Å². The number of carbonyl (C=O) groups is 1. The van der Waals surface area contributed by atoms with Crippen molar-refractivity contribution in [2.45, 2.75) is 25.0 Å². The first-order valence-electron chi connectivity index (χ1n) is 9.56. The number of carbonyl (C=O) groups excluding carboxylic acids is 1. The highest BCUT2D eigenvalue weighted by Crippen LogP contribution is 2.25. The zero-order chi connectivity index (χ0) is 18.6. The van der Waals surface area contributed by atoms with E-state index in [9.17, 15) is 4.79 Å². The van der Waals surface area contributed by atoms with Crippen LogP contribution in [-0.2, 0) is 0 Å². The Kier molecular flexibility index (Phi) is 5.74. The van der Waals surface area contributed by atoms with Crippen LogP contribution < -0.4 is 10.9 Å². The number of nitrogens with zero attached hydrogens (tertiary/aromatic N) is 2. The minimum atomic E-state index is 0.0297. The molecule has 2 atom stereocenters. The van der Waals surface area contributed by atoms with Crippen molar-refractivity contribution < 1.29 is 4.79 Å². The van der Waals surface area contributed by atoms with Gasteiger partial charge in [0.05, 0.1) is 16.8 Å². The van der Waals surface area contributed by atoms with Crippen LogP contribution in [0.25, 0.3) is 0 Å². The van der Waals surface area contributed by atoms with Crippen LogP contribution in [-0.4, -0.2) is 48.1 Å². The minimum absolute atomic E-state index is 0.0297. The lowest BCUT2D eigenvalue weighted by Gasteiger charge is -2.27. The molecule has 6 heteroatoms. The molecule has 0 radical (unpaired) electrons. The fraction of sp³-hybridized carbons (Fsp3) is 0.381. The van der Waals surface area contributed by atoms with Crippen molar-refractivity contribution in [3.63, 3.8) is 0 Å². The van der Waals surface area contributed by atoms with Crippen molar-refractivity contribution in [3.8, 4) is 0 Å². The van der Waals surface area contributed by atoms with Gasteiger partial charge in [-0.2, -0.15) is 0 Å². The van der Waals surface area contributed by atoms with Gasteiger partial charge in [-0.15, -0.1) is 0 Å². The van der Waals surface area contributed by atoms with Crippen LogP contribution in [0.15, 0.2) is 54.6 Å². The molecule has 5 nitrogen and oxygen atoms in total. The van der Waals surface area contributed by atoms with Gasteiger partial charge >= 0.3 is 0 Å². The summed E-state index contributed by atoms with van der Waals surface area (Å²) in [5.41, 5.74) is 8.76. The number of hydrazine groups is 1. The van der Waals surface area contributed by atoms with E-state index in [4.69, 9.17) is 11.6 Å². The lowest BCUT2D eigenvalue weighted by atomic mass is 10.0. The second-order valence-corrected chi connectivity index (χ2v) is 7.57. The fourth-order valence-electron chi connectivity index (χ4n) is 3.94. The third-order valence-corrected chi connectivity index (χ3v) is 5.78. The van der Waals surface area contributed by atoms with Crippen LogP contribution in [0.3, 0.4) is 0 Å². The number of amides is 1. The van der Waals surface area contributed by atoms with Crippen molar-refractivity contribution in [1.82, 2.24) is 20.7 Å². The maximum atomic E-state index is 12.8. The summed E-state index contributed by atoms with van der Waals surface area (Å²) < 4.78 is 0. The van der Waals surface area contributed by atoms with Crippen LogP contribution in [0.4, 0.5) is 0 Å². The van der Waals surface area contributed by atoms with Crippen LogP contribution in [0.2, 0.25) is 5.02 Å². The summed E-state index contributed by atoms with van der Waals surface area (Å²) in [5.74, 6) is 0.0297. The number of halogens is 1. The molecule has 2 aromatic carbocycles. The fourth-order valence-corrected chi connectivity index (χ4v) is 4.16. The Morgan fingerprint density at radius 1 is 0.926 bits per heavy atom. The van der Waals surface area contributed by atoms with Crippen LogP contribution in [0.1, 0.15) is 34.8 Å². The van der Waals surface area contributed by atoms with E-state index >= 15 is 0 Å². The molecule has 2 aromatic rings.